The van der Waals surface area contributed by atoms with E-state index in [1.54, 1.807) is 18.2 Å². The van der Waals surface area contributed by atoms with Crippen LogP contribution in [0.3, 0.4) is 0 Å². The summed E-state index contributed by atoms with van der Waals surface area (Å²) in [7, 11) is 0. The molecule has 2 N–H and O–H groups in total. The van der Waals surface area contributed by atoms with Crippen molar-refractivity contribution >= 4 is 22.7 Å². The second-order valence-electron chi connectivity index (χ2n) is 6.76. The highest BCUT2D eigenvalue weighted by Crippen LogP contribution is 2.25. The molecule has 0 unspecified atom stereocenters. The first-order valence-corrected chi connectivity index (χ1v) is 9.39. The first-order chi connectivity index (χ1) is 15.0. The Balaban J connectivity index is 1.64. The molecule has 0 saturated heterocycles. The number of hydrogen-bond acceptors (Lipinski definition) is 3. The third kappa shape index (κ3) is 4.55. The van der Waals surface area contributed by atoms with Gasteiger partial charge in [0.25, 0.3) is 0 Å². The molecule has 4 aromatic rings. The van der Waals surface area contributed by atoms with E-state index in [4.69, 9.17) is 4.74 Å². The van der Waals surface area contributed by atoms with E-state index in [0.29, 0.717) is 11.3 Å². The summed E-state index contributed by atoms with van der Waals surface area (Å²) in [6, 6.07) is 24.6. The summed E-state index contributed by atoms with van der Waals surface area (Å²) in [5.74, 6) is 4.38. The Morgan fingerprint density at radius 3 is 2.10 bits per heavy atom. The van der Waals surface area contributed by atoms with Gasteiger partial charge in [-0.3, -0.25) is 0 Å². The van der Waals surface area contributed by atoms with Crippen molar-refractivity contribution in [1.29, 1.82) is 0 Å². The fraction of sp³-hybridized carbons (Fsp3) is 0. The van der Waals surface area contributed by atoms with Gasteiger partial charge >= 0.3 is 11.9 Å². The Kier molecular flexibility index (Phi) is 5.37. The fourth-order valence-electron chi connectivity index (χ4n) is 3.15. The number of carbonyl (C=O) groups is 2. The van der Waals surface area contributed by atoms with E-state index in [9.17, 15) is 19.8 Å². The maximum Gasteiger partial charge on any atom is 0.335 e. The predicted octanol–water partition coefficient (Wildman–Crippen LogP) is 5.43. The summed E-state index contributed by atoms with van der Waals surface area (Å²) in [5, 5.41) is 20.6. The zero-order valence-electron chi connectivity index (χ0n) is 16.2. The molecule has 0 aliphatic carbocycles. The zero-order chi connectivity index (χ0) is 21.8. The lowest BCUT2D eigenvalue weighted by atomic mass is 10.0. The Morgan fingerprint density at radius 1 is 0.677 bits per heavy atom. The minimum absolute atomic E-state index is 0.122. The minimum atomic E-state index is -1.23. The topological polar surface area (TPSA) is 83.8 Å². The number of ether oxygens (including phenoxy) is 1. The highest BCUT2D eigenvalue weighted by atomic mass is 16.5. The molecule has 0 aliphatic rings. The highest BCUT2D eigenvalue weighted by molar-refractivity contribution is 5.94. The van der Waals surface area contributed by atoms with Gasteiger partial charge in [-0.1, -0.05) is 54.3 Å². The molecule has 31 heavy (non-hydrogen) atoms. The zero-order valence-corrected chi connectivity index (χ0v) is 16.2. The van der Waals surface area contributed by atoms with E-state index in [0.717, 1.165) is 22.4 Å². The second-order valence-corrected chi connectivity index (χ2v) is 6.76. The van der Waals surface area contributed by atoms with Gasteiger partial charge in [-0.25, -0.2) is 9.59 Å². The Bertz CT molecular complexity index is 1340. The molecular weight excluding hydrogens is 392 g/mol. The van der Waals surface area contributed by atoms with Crippen molar-refractivity contribution in [2.24, 2.45) is 0 Å². The van der Waals surface area contributed by atoms with E-state index in [1.165, 1.54) is 12.1 Å². The number of carboxylic acids is 2. The monoisotopic (exact) mass is 408 g/mol. The van der Waals surface area contributed by atoms with Crippen molar-refractivity contribution in [3.8, 4) is 23.3 Å². The Hall–Kier alpha value is -4.56. The first-order valence-electron chi connectivity index (χ1n) is 9.39. The lowest BCUT2D eigenvalue weighted by Crippen LogP contribution is -2.03. The van der Waals surface area contributed by atoms with Crippen LogP contribution in [0.4, 0.5) is 0 Å². The van der Waals surface area contributed by atoms with Crippen molar-refractivity contribution in [2.45, 2.75) is 0 Å². The van der Waals surface area contributed by atoms with Crippen LogP contribution in [0.25, 0.3) is 10.8 Å². The largest absolute Gasteiger partial charge is 0.478 e. The molecule has 0 aliphatic heterocycles. The van der Waals surface area contributed by atoms with Gasteiger partial charge in [0.2, 0.25) is 0 Å². The molecule has 5 heteroatoms. The molecule has 150 valence electrons. The van der Waals surface area contributed by atoms with E-state index in [2.05, 4.69) is 11.8 Å². The lowest BCUT2D eigenvalue weighted by molar-refractivity contribution is 0.0696. The number of hydrogen-bond donors (Lipinski definition) is 2. The maximum atomic E-state index is 11.3. The third-order valence-corrected chi connectivity index (χ3v) is 4.60. The summed E-state index contributed by atoms with van der Waals surface area (Å²) in [5.41, 5.74) is 1.28. The van der Waals surface area contributed by atoms with Crippen molar-refractivity contribution in [3.05, 3.63) is 107 Å². The van der Waals surface area contributed by atoms with E-state index >= 15 is 0 Å². The summed E-state index contributed by atoms with van der Waals surface area (Å²) >= 11 is 0. The molecule has 4 rings (SSSR count). The molecular formula is C26H16O5. The Labute approximate surface area is 178 Å². The van der Waals surface area contributed by atoms with Gasteiger partial charge in [-0.05, 0) is 53.2 Å². The van der Waals surface area contributed by atoms with Crippen LogP contribution < -0.4 is 4.74 Å². The van der Waals surface area contributed by atoms with Crippen LogP contribution in [0, 0.1) is 11.8 Å². The fourth-order valence-corrected chi connectivity index (χ4v) is 3.15. The van der Waals surface area contributed by atoms with Crippen molar-refractivity contribution in [2.75, 3.05) is 0 Å². The van der Waals surface area contributed by atoms with Crippen LogP contribution in [0.15, 0.2) is 84.9 Å². The molecule has 4 aromatic carbocycles. The van der Waals surface area contributed by atoms with Gasteiger partial charge in [0.05, 0.1) is 11.1 Å². The predicted molar refractivity (Wildman–Crippen MR) is 117 cm³/mol. The number of rotatable bonds is 4. The summed E-state index contributed by atoms with van der Waals surface area (Å²) < 4.78 is 5.73. The molecule has 0 spiro atoms. The molecule has 0 bridgehead atoms. The second kappa shape index (κ2) is 8.44. The van der Waals surface area contributed by atoms with Gasteiger partial charge < -0.3 is 14.9 Å². The van der Waals surface area contributed by atoms with Gasteiger partial charge in [-0.15, -0.1) is 0 Å². The van der Waals surface area contributed by atoms with Gasteiger partial charge in [0.15, 0.2) is 0 Å². The average Bonchev–Trinajstić information content (AvgIpc) is 2.77. The van der Waals surface area contributed by atoms with Crippen molar-refractivity contribution < 1.29 is 24.5 Å². The van der Waals surface area contributed by atoms with Gasteiger partial charge in [-0.2, -0.15) is 0 Å². The lowest BCUT2D eigenvalue weighted by Gasteiger charge is -2.08. The number of aromatic carboxylic acids is 2. The highest BCUT2D eigenvalue weighted by Gasteiger charge is 2.12. The van der Waals surface area contributed by atoms with E-state index in [-0.39, 0.29) is 16.9 Å². The van der Waals surface area contributed by atoms with Crippen LogP contribution in [-0.2, 0) is 0 Å². The SMILES string of the molecule is O=C(O)c1cc(Oc2cccc(C#Cc3cccc4ccccc34)c2)cc(C(=O)O)c1. The number of benzene rings is 4. The summed E-state index contributed by atoms with van der Waals surface area (Å²) in [6.07, 6.45) is 0. The molecule has 0 atom stereocenters. The number of carboxylic acid groups (broad SMARTS) is 2. The normalized spacial score (nSPS) is 10.2. The van der Waals surface area contributed by atoms with Crippen LogP contribution in [0.5, 0.6) is 11.5 Å². The maximum absolute atomic E-state index is 11.3. The molecule has 0 radical (unpaired) electrons. The standard InChI is InChI=1S/C26H16O5/c27-25(28)20-14-21(26(29)30)16-23(15-20)31-22-9-3-5-17(13-22)11-12-19-8-4-7-18-6-1-2-10-24(18)19/h1-10,13-16H,(H,27,28)(H,29,30). The molecule has 0 aromatic heterocycles. The van der Waals surface area contributed by atoms with E-state index in [1.807, 2.05) is 48.5 Å². The first kappa shape index (κ1) is 19.7. The number of fused-ring (bicyclic) bond motifs is 1. The molecule has 0 fully saturated rings. The van der Waals surface area contributed by atoms with E-state index < -0.39 is 11.9 Å². The van der Waals surface area contributed by atoms with Gasteiger partial charge in [0.1, 0.15) is 11.5 Å². The summed E-state index contributed by atoms with van der Waals surface area (Å²) in [4.78, 5) is 22.6. The quantitative estimate of drug-likeness (QED) is 0.440. The molecule has 5 nitrogen and oxygen atoms in total. The van der Waals surface area contributed by atoms with Crippen molar-refractivity contribution in [3.63, 3.8) is 0 Å². The van der Waals surface area contributed by atoms with Crippen LogP contribution in [-0.4, -0.2) is 22.2 Å². The van der Waals surface area contributed by atoms with Crippen molar-refractivity contribution in [1.82, 2.24) is 0 Å². The molecule has 0 amide bonds. The smallest absolute Gasteiger partial charge is 0.335 e. The molecule has 0 heterocycles. The summed E-state index contributed by atoms with van der Waals surface area (Å²) in [6.45, 7) is 0. The van der Waals surface area contributed by atoms with Gasteiger partial charge in [0, 0.05) is 11.1 Å². The average molecular weight is 408 g/mol. The van der Waals surface area contributed by atoms with Crippen LogP contribution in [0.1, 0.15) is 31.8 Å². The Morgan fingerprint density at radius 2 is 1.35 bits per heavy atom. The third-order valence-electron chi connectivity index (χ3n) is 4.60. The minimum Gasteiger partial charge on any atom is -0.478 e. The molecule has 0 saturated carbocycles. The van der Waals surface area contributed by atoms with Crippen LogP contribution >= 0.6 is 0 Å². The van der Waals surface area contributed by atoms with Crippen LogP contribution in [0.2, 0.25) is 0 Å².